The van der Waals surface area contributed by atoms with E-state index in [0.29, 0.717) is 29.3 Å². The highest BCUT2D eigenvalue weighted by atomic mass is 19.4. The highest BCUT2D eigenvalue weighted by molar-refractivity contribution is 5.76. The summed E-state index contributed by atoms with van der Waals surface area (Å²) >= 11 is 0. The monoisotopic (exact) mass is 566 g/mol. The molecule has 1 N–H and O–H groups in total. The van der Waals surface area contributed by atoms with Crippen LogP contribution in [0.5, 0.6) is 5.75 Å². The van der Waals surface area contributed by atoms with Crippen molar-refractivity contribution in [3.63, 3.8) is 0 Å². The van der Waals surface area contributed by atoms with Gasteiger partial charge in [0, 0.05) is 13.1 Å². The summed E-state index contributed by atoms with van der Waals surface area (Å²) in [7, 11) is 0. The normalized spacial score (nSPS) is 12.5. The Bertz CT molecular complexity index is 1460. The molecular weight excluding hydrogens is 542 g/mol. The van der Waals surface area contributed by atoms with Gasteiger partial charge in [-0.15, -0.1) is 0 Å². The summed E-state index contributed by atoms with van der Waals surface area (Å²) in [4.78, 5) is 17.1. The minimum Gasteiger partial charge on any atom is -0.478 e. The molecule has 0 aliphatic heterocycles. The quantitative estimate of drug-likeness (QED) is 0.214. The number of carboxylic acid groups (broad SMARTS) is 1. The number of oxazole rings is 1. The first-order valence-corrected chi connectivity index (χ1v) is 12.0. The Labute approximate surface area is 224 Å². The molecule has 0 aliphatic rings. The third kappa shape index (κ3) is 6.67. The number of hydrogen-bond donors (Lipinski definition) is 1. The number of halogens is 6. The van der Waals surface area contributed by atoms with Gasteiger partial charge in [0.15, 0.2) is 11.2 Å². The van der Waals surface area contributed by atoms with E-state index in [4.69, 9.17) is 9.15 Å². The van der Waals surface area contributed by atoms with Crippen LogP contribution in [0.3, 0.4) is 0 Å². The number of hydrogen-bond acceptors (Lipinski definition) is 5. The molecule has 0 atom stereocenters. The molecule has 0 saturated heterocycles. The van der Waals surface area contributed by atoms with E-state index in [1.807, 2.05) is 0 Å². The molecule has 0 radical (unpaired) electrons. The topological polar surface area (TPSA) is 75.8 Å². The minimum atomic E-state index is -5.02. The van der Waals surface area contributed by atoms with Gasteiger partial charge in [-0.25, -0.2) is 4.79 Å². The number of benzene rings is 3. The number of aromatic nitrogens is 1. The maximum absolute atomic E-state index is 13.8. The highest BCUT2D eigenvalue weighted by Gasteiger charge is 2.38. The van der Waals surface area contributed by atoms with E-state index in [2.05, 4.69) is 4.98 Å². The largest absolute Gasteiger partial charge is 0.478 e. The molecule has 40 heavy (non-hydrogen) atoms. The molecule has 212 valence electrons. The van der Waals surface area contributed by atoms with E-state index < -0.39 is 41.6 Å². The van der Waals surface area contributed by atoms with Crippen LogP contribution < -0.4 is 9.64 Å². The smallest absolute Gasteiger partial charge is 0.416 e. The number of para-hydroxylation sites is 2. The first-order chi connectivity index (χ1) is 18.6. The van der Waals surface area contributed by atoms with E-state index in [-0.39, 0.29) is 24.2 Å². The lowest BCUT2D eigenvalue weighted by atomic mass is 10.0. The number of ether oxygens (including phenoxy) is 1. The average molecular weight is 566 g/mol. The van der Waals surface area contributed by atoms with Crippen molar-refractivity contribution in [1.29, 1.82) is 0 Å². The molecule has 6 nitrogen and oxygen atoms in total. The molecule has 0 unspecified atom stereocenters. The fourth-order valence-electron chi connectivity index (χ4n) is 3.92. The number of anilines is 1. The van der Waals surface area contributed by atoms with Crippen molar-refractivity contribution in [2.45, 2.75) is 44.8 Å². The summed E-state index contributed by atoms with van der Waals surface area (Å²) in [5, 5.41) is 9.24. The maximum atomic E-state index is 13.8. The van der Waals surface area contributed by atoms with E-state index in [1.165, 1.54) is 18.7 Å². The lowest BCUT2D eigenvalue weighted by Gasteiger charge is -2.24. The van der Waals surface area contributed by atoms with Crippen LogP contribution in [-0.4, -0.2) is 28.2 Å². The van der Waals surface area contributed by atoms with Crippen molar-refractivity contribution in [1.82, 2.24) is 4.98 Å². The molecule has 4 rings (SSSR count). The van der Waals surface area contributed by atoms with Crippen molar-refractivity contribution < 1.29 is 45.4 Å². The summed E-state index contributed by atoms with van der Waals surface area (Å²) in [6.07, 6.45) is -9.67. The third-order valence-electron chi connectivity index (χ3n) is 6.14. The summed E-state index contributed by atoms with van der Waals surface area (Å²) in [5.74, 6) is -0.835. The number of fused-ring (bicyclic) bond motifs is 1. The van der Waals surface area contributed by atoms with Gasteiger partial charge in [0.2, 0.25) is 0 Å². The molecule has 1 aromatic heterocycles. The van der Waals surface area contributed by atoms with Gasteiger partial charge in [0.05, 0.1) is 11.1 Å². The minimum absolute atomic E-state index is 0.0115. The second kappa shape index (κ2) is 10.7. The number of carboxylic acids is 1. The molecule has 3 aromatic carbocycles. The van der Waals surface area contributed by atoms with Crippen LogP contribution in [0.2, 0.25) is 0 Å². The second-order valence-electron chi connectivity index (χ2n) is 9.56. The Kier molecular flexibility index (Phi) is 7.73. The van der Waals surface area contributed by atoms with Gasteiger partial charge in [-0.05, 0) is 67.8 Å². The summed E-state index contributed by atoms with van der Waals surface area (Å²) in [6, 6.07) is 14.8. The Morgan fingerprint density at radius 2 is 1.62 bits per heavy atom. The molecule has 0 spiro atoms. The summed E-state index contributed by atoms with van der Waals surface area (Å²) in [6.45, 7) is 2.48. The predicted molar refractivity (Wildman–Crippen MR) is 134 cm³/mol. The Hall–Kier alpha value is -4.22. The molecule has 1 heterocycles. The van der Waals surface area contributed by atoms with Gasteiger partial charge >= 0.3 is 18.3 Å². The van der Waals surface area contributed by atoms with Gasteiger partial charge in [0.25, 0.3) is 6.01 Å². The summed E-state index contributed by atoms with van der Waals surface area (Å²) in [5.41, 5.74) is -3.02. The van der Waals surface area contributed by atoms with E-state index in [0.717, 1.165) is 11.6 Å². The van der Waals surface area contributed by atoms with Crippen LogP contribution in [0.25, 0.3) is 11.1 Å². The Morgan fingerprint density at radius 3 is 2.23 bits per heavy atom. The zero-order valence-corrected chi connectivity index (χ0v) is 21.3. The van der Waals surface area contributed by atoms with Crippen LogP contribution in [0.15, 0.2) is 71.1 Å². The van der Waals surface area contributed by atoms with E-state index in [9.17, 15) is 36.2 Å². The maximum Gasteiger partial charge on any atom is 0.416 e. The lowest BCUT2D eigenvalue weighted by Crippen LogP contribution is -2.37. The number of alkyl halides is 6. The lowest BCUT2D eigenvalue weighted by molar-refractivity contribution is -0.152. The van der Waals surface area contributed by atoms with Crippen LogP contribution in [0.4, 0.5) is 32.4 Å². The summed E-state index contributed by atoms with van der Waals surface area (Å²) < 4.78 is 92.2. The van der Waals surface area contributed by atoms with Crippen molar-refractivity contribution >= 4 is 23.1 Å². The van der Waals surface area contributed by atoms with Crippen LogP contribution in [0.1, 0.15) is 36.1 Å². The molecular formula is C28H24F6N2O4. The fourth-order valence-corrected chi connectivity index (χ4v) is 3.92. The SMILES string of the molecule is CC(C)(Oc1ccc(CCN(Cc2ccc(C(F)(F)F)cc2C(F)(F)F)c2nc3ccccc3o2)cc1)C(=O)O. The second-order valence-corrected chi connectivity index (χ2v) is 9.56. The van der Waals surface area contributed by atoms with Crippen LogP contribution in [0, 0.1) is 0 Å². The van der Waals surface area contributed by atoms with Gasteiger partial charge in [-0.2, -0.15) is 31.3 Å². The Balaban J connectivity index is 1.62. The first-order valence-electron chi connectivity index (χ1n) is 12.0. The van der Waals surface area contributed by atoms with Crippen molar-refractivity contribution in [2.75, 3.05) is 11.4 Å². The van der Waals surface area contributed by atoms with Gasteiger partial charge in [-0.1, -0.05) is 30.3 Å². The molecule has 0 aliphatic carbocycles. The fraction of sp³-hybridized carbons (Fsp3) is 0.286. The number of aliphatic carboxylic acids is 1. The molecule has 0 fully saturated rings. The first kappa shape index (κ1) is 28.8. The van der Waals surface area contributed by atoms with Gasteiger partial charge in [0.1, 0.15) is 11.3 Å². The van der Waals surface area contributed by atoms with Crippen molar-refractivity contribution in [3.05, 3.63) is 89.0 Å². The molecule has 12 heteroatoms. The Morgan fingerprint density at radius 1 is 0.950 bits per heavy atom. The average Bonchev–Trinajstić information content (AvgIpc) is 3.30. The van der Waals surface area contributed by atoms with Crippen LogP contribution in [-0.2, 0) is 30.1 Å². The molecule has 0 bridgehead atoms. The standard InChI is InChI=1S/C28H24F6N2O4/c1-26(2,24(37)38)40-20-11-7-17(8-12-20)13-14-36(25-35-22-5-3-4-6-23(22)39-25)16-18-9-10-19(27(29,30)31)15-21(18)28(32,33)34/h3-12,15H,13-14,16H2,1-2H3,(H,37,38). The number of carbonyl (C=O) groups is 1. The van der Waals surface area contributed by atoms with Gasteiger partial charge < -0.3 is 19.2 Å². The van der Waals surface area contributed by atoms with Crippen molar-refractivity contribution in [2.24, 2.45) is 0 Å². The predicted octanol–water partition coefficient (Wildman–Crippen LogP) is 7.36. The zero-order valence-electron chi connectivity index (χ0n) is 21.3. The molecule has 4 aromatic rings. The van der Waals surface area contributed by atoms with Crippen molar-refractivity contribution in [3.8, 4) is 5.75 Å². The van der Waals surface area contributed by atoms with Gasteiger partial charge in [-0.3, -0.25) is 0 Å². The number of rotatable bonds is 9. The zero-order chi connectivity index (χ0) is 29.3. The highest BCUT2D eigenvalue weighted by Crippen LogP contribution is 2.38. The van der Waals surface area contributed by atoms with E-state index >= 15 is 0 Å². The third-order valence-corrected chi connectivity index (χ3v) is 6.14. The molecule has 0 amide bonds. The van der Waals surface area contributed by atoms with Crippen LogP contribution >= 0.6 is 0 Å². The molecule has 0 saturated carbocycles. The number of nitrogens with zero attached hydrogens (tertiary/aromatic N) is 2. The van der Waals surface area contributed by atoms with E-state index in [1.54, 1.807) is 48.5 Å².